The van der Waals surface area contributed by atoms with Gasteiger partial charge in [-0.05, 0) is 6.42 Å². The van der Waals surface area contributed by atoms with Crippen molar-refractivity contribution in [3.8, 4) is 0 Å². The highest BCUT2D eigenvalue weighted by atomic mass is 32.1. The molecule has 8 heteroatoms. The first kappa shape index (κ1) is 11.6. The van der Waals surface area contributed by atoms with Crippen molar-refractivity contribution in [2.24, 2.45) is 5.92 Å². The lowest BCUT2D eigenvalue weighted by Crippen LogP contribution is -2.20. The Morgan fingerprint density at radius 3 is 2.75 bits per heavy atom. The highest BCUT2D eigenvalue weighted by Crippen LogP contribution is 2.32. The van der Waals surface area contributed by atoms with Gasteiger partial charge in [0.25, 0.3) is 0 Å². The third kappa shape index (κ3) is 2.27. The first-order valence-electron chi connectivity index (χ1n) is 4.77. The molecule has 0 amide bonds. The number of hydrogen-bond acceptors (Lipinski definition) is 5. The van der Waals surface area contributed by atoms with Crippen LogP contribution in [0.15, 0.2) is 0 Å². The van der Waals surface area contributed by atoms with E-state index >= 15 is 0 Å². The molecule has 1 atom stereocenters. The van der Waals surface area contributed by atoms with E-state index in [9.17, 15) is 13.2 Å². The average Bonchev–Trinajstić information content (AvgIpc) is 2.85. The Hall–Kier alpha value is -0.890. The second kappa shape index (κ2) is 4.17. The first-order chi connectivity index (χ1) is 7.50. The van der Waals surface area contributed by atoms with Gasteiger partial charge in [-0.15, -0.1) is 0 Å². The van der Waals surface area contributed by atoms with Crippen molar-refractivity contribution >= 4 is 16.7 Å². The fraction of sp³-hybridized carbons (Fsp3) is 0.750. The Labute approximate surface area is 93.9 Å². The van der Waals surface area contributed by atoms with Gasteiger partial charge in [-0.2, -0.15) is 22.5 Å². The maximum atomic E-state index is 12.3. The maximum absolute atomic E-state index is 12.3. The molecule has 0 saturated carbocycles. The van der Waals surface area contributed by atoms with E-state index < -0.39 is 12.0 Å². The molecule has 1 N–H and O–H groups in total. The number of nitrogens with zero attached hydrogens (tertiary/aromatic N) is 3. The topological polar surface area (TPSA) is 49.2 Å². The van der Waals surface area contributed by atoms with E-state index in [2.05, 4.69) is 9.36 Å². The van der Waals surface area contributed by atoms with Crippen molar-refractivity contribution in [1.29, 1.82) is 0 Å². The molecule has 1 saturated heterocycles. The molecule has 16 heavy (non-hydrogen) atoms. The van der Waals surface area contributed by atoms with Gasteiger partial charge in [0.05, 0.1) is 0 Å². The molecule has 2 rings (SSSR count). The summed E-state index contributed by atoms with van der Waals surface area (Å²) in [5.74, 6) is -0.960. The number of halogens is 3. The molecular weight excluding hydrogens is 243 g/mol. The summed E-state index contributed by atoms with van der Waals surface area (Å²) >= 11 is 0.749. The molecule has 2 heterocycles. The lowest BCUT2D eigenvalue weighted by molar-refractivity contribution is -0.144. The summed E-state index contributed by atoms with van der Waals surface area (Å²) in [6.07, 6.45) is -3.71. The highest BCUT2D eigenvalue weighted by Gasteiger charge is 2.37. The van der Waals surface area contributed by atoms with Gasteiger partial charge < -0.3 is 10.0 Å². The molecular formula is C8H10F3N3OS. The second-order valence-corrected chi connectivity index (χ2v) is 4.41. The molecule has 0 aromatic carbocycles. The van der Waals surface area contributed by atoms with Crippen LogP contribution in [0.25, 0.3) is 0 Å². The van der Waals surface area contributed by atoms with Crippen LogP contribution >= 0.6 is 11.5 Å². The van der Waals surface area contributed by atoms with E-state index in [4.69, 9.17) is 5.11 Å². The van der Waals surface area contributed by atoms with Gasteiger partial charge in [0.2, 0.25) is 11.0 Å². The number of alkyl halides is 3. The molecule has 1 aliphatic rings. The number of anilines is 1. The van der Waals surface area contributed by atoms with Crippen LogP contribution in [0.2, 0.25) is 0 Å². The van der Waals surface area contributed by atoms with Gasteiger partial charge in [0.1, 0.15) is 0 Å². The van der Waals surface area contributed by atoms with Crippen LogP contribution in [-0.4, -0.2) is 34.2 Å². The molecule has 1 aliphatic heterocycles. The van der Waals surface area contributed by atoms with Crippen molar-refractivity contribution in [3.63, 3.8) is 0 Å². The van der Waals surface area contributed by atoms with E-state index in [1.807, 2.05) is 0 Å². The standard InChI is InChI=1S/C8H10F3N3OS/c9-8(10,11)6-12-7(16-13-6)14-2-1-5(3-14)4-15/h5,15H,1-4H2. The minimum atomic E-state index is -4.48. The molecule has 4 nitrogen and oxygen atoms in total. The van der Waals surface area contributed by atoms with Crippen LogP contribution in [0.5, 0.6) is 0 Å². The summed E-state index contributed by atoms with van der Waals surface area (Å²) in [4.78, 5) is 5.19. The van der Waals surface area contributed by atoms with Gasteiger partial charge in [-0.1, -0.05) is 0 Å². The predicted octanol–water partition coefficient (Wildman–Crippen LogP) is 1.38. The third-order valence-corrected chi connectivity index (χ3v) is 3.26. The molecule has 1 unspecified atom stereocenters. The largest absolute Gasteiger partial charge is 0.452 e. The zero-order valence-corrected chi connectivity index (χ0v) is 9.05. The Morgan fingerprint density at radius 1 is 1.50 bits per heavy atom. The third-order valence-electron chi connectivity index (χ3n) is 2.48. The molecule has 0 bridgehead atoms. The second-order valence-electron chi connectivity index (χ2n) is 3.68. The quantitative estimate of drug-likeness (QED) is 0.865. The lowest BCUT2D eigenvalue weighted by Gasteiger charge is -2.13. The zero-order chi connectivity index (χ0) is 11.8. The minimum absolute atomic E-state index is 0.0570. The summed E-state index contributed by atoms with van der Waals surface area (Å²) in [6.45, 7) is 1.22. The fourth-order valence-electron chi connectivity index (χ4n) is 1.61. The maximum Gasteiger partial charge on any atom is 0.452 e. The van der Waals surface area contributed by atoms with E-state index in [0.717, 1.165) is 18.0 Å². The predicted molar refractivity (Wildman–Crippen MR) is 52.3 cm³/mol. The van der Waals surface area contributed by atoms with Crippen molar-refractivity contribution in [2.45, 2.75) is 12.6 Å². The van der Waals surface area contributed by atoms with Crippen LogP contribution in [0, 0.1) is 5.92 Å². The Balaban J connectivity index is 2.08. The summed E-state index contributed by atoms with van der Waals surface area (Å²) in [5.41, 5.74) is 0. The van der Waals surface area contributed by atoms with E-state index in [-0.39, 0.29) is 17.7 Å². The van der Waals surface area contributed by atoms with Crippen LogP contribution in [0.4, 0.5) is 18.3 Å². The van der Waals surface area contributed by atoms with E-state index in [1.54, 1.807) is 4.90 Å². The SMILES string of the molecule is OCC1CCN(c2nc(C(F)(F)F)ns2)C1. The molecule has 0 aliphatic carbocycles. The van der Waals surface area contributed by atoms with Crippen LogP contribution in [0.1, 0.15) is 12.2 Å². The minimum Gasteiger partial charge on any atom is -0.396 e. The van der Waals surface area contributed by atoms with Gasteiger partial charge in [0.15, 0.2) is 0 Å². The smallest absolute Gasteiger partial charge is 0.396 e. The Morgan fingerprint density at radius 2 is 2.25 bits per heavy atom. The number of aromatic nitrogens is 2. The first-order valence-corrected chi connectivity index (χ1v) is 5.54. The number of hydrogen-bond donors (Lipinski definition) is 1. The number of rotatable bonds is 2. The van der Waals surface area contributed by atoms with Crippen molar-refractivity contribution in [2.75, 3.05) is 24.6 Å². The Bertz CT molecular complexity index is 368. The normalized spacial score (nSPS) is 21.8. The molecule has 0 spiro atoms. The molecule has 1 aromatic heterocycles. The lowest BCUT2D eigenvalue weighted by atomic mass is 10.1. The van der Waals surface area contributed by atoms with Crippen molar-refractivity contribution in [1.82, 2.24) is 9.36 Å². The van der Waals surface area contributed by atoms with Crippen LogP contribution in [-0.2, 0) is 6.18 Å². The number of aliphatic hydroxyl groups excluding tert-OH is 1. The van der Waals surface area contributed by atoms with Gasteiger partial charge in [-0.25, -0.2) is 0 Å². The highest BCUT2D eigenvalue weighted by molar-refractivity contribution is 7.09. The van der Waals surface area contributed by atoms with Crippen molar-refractivity contribution in [3.05, 3.63) is 5.82 Å². The summed E-state index contributed by atoms with van der Waals surface area (Å²) in [5, 5.41) is 9.21. The monoisotopic (exact) mass is 253 g/mol. The summed E-state index contributed by atoms with van der Waals surface area (Å²) in [6, 6.07) is 0. The molecule has 1 fully saturated rings. The van der Waals surface area contributed by atoms with E-state index in [0.29, 0.717) is 13.1 Å². The molecule has 0 radical (unpaired) electrons. The van der Waals surface area contributed by atoms with Gasteiger partial charge >= 0.3 is 6.18 Å². The van der Waals surface area contributed by atoms with Crippen molar-refractivity contribution < 1.29 is 18.3 Å². The van der Waals surface area contributed by atoms with Gasteiger partial charge in [0, 0.05) is 37.1 Å². The van der Waals surface area contributed by atoms with Gasteiger partial charge in [-0.3, -0.25) is 0 Å². The van der Waals surface area contributed by atoms with Crippen LogP contribution in [0.3, 0.4) is 0 Å². The average molecular weight is 253 g/mol. The molecule has 1 aromatic rings. The Kier molecular flexibility index (Phi) is 3.02. The molecule has 90 valence electrons. The number of aliphatic hydroxyl groups is 1. The van der Waals surface area contributed by atoms with Crippen LogP contribution < -0.4 is 4.90 Å². The van der Waals surface area contributed by atoms with E-state index in [1.165, 1.54) is 0 Å². The fourth-order valence-corrected chi connectivity index (χ4v) is 2.34. The zero-order valence-electron chi connectivity index (χ0n) is 8.24. The summed E-state index contributed by atoms with van der Waals surface area (Å²) in [7, 11) is 0. The summed E-state index contributed by atoms with van der Waals surface area (Å²) < 4.78 is 40.0.